The first-order chi connectivity index (χ1) is 13.2. The minimum atomic E-state index is -3.37. The van der Waals surface area contributed by atoms with Gasteiger partial charge in [0.25, 0.3) is 5.91 Å². The van der Waals surface area contributed by atoms with Gasteiger partial charge in [-0.15, -0.1) is 0 Å². The van der Waals surface area contributed by atoms with Gasteiger partial charge in [-0.3, -0.25) is 4.79 Å². The van der Waals surface area contributed by atoms with Gasteiger partial charge < -0.3 is 9.30 Å². The topological polar surface area (TPSA) is 77.7 Å². The van der Waals surface area contributed by atoms with E-state index in [2.05, 4.69) is 4.99 Å². The van der Waals surface area contributed by atoms with Gasteiger partial charge in [0.2, 0.25) is 0 Å². The van der Waals surface area contributed by atoms with Gasteiger partial charge in [-0.2, -0.15) is 4.99 Å². The third-order valence-corrected chi connectivity index (χ3v) is 7.60. The zero-order valence-electron chi connectivity index (χ0n) is 16.2. The fourth-order valence-corrected chi connectivity index (χ4v) is 4.79. The first-order valence-corrected chi connectivity index (χ1v) is 11.3. The van der Waals surface area contributed by atoms with Crippen LogP contribution in [0.4, 0.5) is 0 Å². The van der Waals surface area contributed by atoms with Crippen LogP contribution in [-0.2, 0) is 16.9 Å². The second-order valence-electron chi connectivity index (χ2n) is 6.54. The van der Waals surface area contributed by atoms with Gasteiger partial charge in [0.05, 0.1) is 27.0 Å². The molecule has 1 aromatic heterocycles. The van der Waals surface area contributed by atoms with Gasteiger partial charge >= 0.3 is 0 Å². The summed E-state index contributed by atoms with van der Waals surface area (Å²) in [6.45, 7) is 5.77. The molecule has 0 N–H and O–H groups in total. The summed E-state index contributed by atoms with van der Waals surface area (Å²) in [4.78, 5) is 17.5. The number of ether oxygens (including phenoxy) is 1. The summed E-state index contributed by atoms with van der Waals surface area (Å²) in [6.07, 6.45) is 0. The van der Waals surface area contributed by atoms with Gasteiger partial charge in [0.15, 0.2) is 14.6 Å². The maximum atomic E-state index is 12.6. The van der Waals surface area contributed by atoms with Crippen LogP contribution in [0.5, 0.6) is 5.75 Å². The largest absolute Gasteiger partial charge is 0.494 e. The molecule has 1 heterocycles. The molecule has 0 spiro atoms. The van der Waals surface area contributed by atoms with Crippen molar-refractivity contribution in [3.8, 4) is 5.75 Å². The van der Waals surface area contributed by atoms with Gasteiger partial charge in [-0.05, 0) is 63.2 Å². The molecule has 0 unspecified atom stereocenters. The highest BCUT2D eigenvalue weighted by atomic mass is 32.2. The summed E-state index contributed by atoms with van der Waals surface area (Å²) in [7, 11) is -1.52. The van der Waals surface area contributed by atoms with Crippen LogP contribution in [-0.4, -0.2) is 30.7 Å². The van der Waals surface area contributed by atoms with Crippen molar-refractivity contribution >= 4 is 37.3 Å². The highest BCUT2D eigenvalue weighted by Crippen LogP contribution is 2.23. The molecular formula is C20H22N2O4S2. The quantitative estimate of drug-likeness (QED) is 0.635. The third kappa shape index (κ3) is 3.88. The number of aromatic nitrogens is 1. The number of hydrogen-bond acceptors (Lipinski definition) is 5. The maximum Gasteiger partial charge on any atom is 0.279 e. The predicted octanol–water partition coefficient (Wildman–Crippen LogP) is 3.56. The minimum Gasteiger partial charge on any atom is -0.494 e. The number of rotatable bonds is 5. The molecule has 0 saturated heterocycles. The molecule has 8 heteroatoms. The van der Waals surface area contributed by atoms with E-state index in [4.69, 9.17) is 4.74 Å². The lowest BCUT2D eigenvalue weighted by molar-refractivity contribution is 0.0998. The highest BCUT2D eigenvalue weighted by molar-refractivity contribution is 7.92. The van der Waals surface area contributed by atoms with Crippen molar-refractivity contribution in [3.63, 3.8) is 0 Å². The Labute approximate surface area is 168 Å². The molecule has 3 aromatic rings. The number of thiazole rings is 1. The Bertz CT molecular complexity index is 1190. The lowest BCUT2D eigenvalue weighted by Gasteiger charge is -2.07. The Kier molecular flexibility index (Phi) is 5.71. The Hall–Kier alpha value is -2.45. The molecule has 28 heavy (non-hydrogen) atoms. The molecule has 0 aliphatic heterocycles. The predicted molar refractivity (Wildman–Crippen MR) is 111 cm³/mol. The molecule has 3 rings (SSSR count). The molecule has 6 nitrogen and oxygen atoms in total. The average molecular weight is 419 g/mol. The second kappa shape index (κ2) is 7.89. The van der Waals surface area contributed by atoms with Gasteiger partial charge in [-0.25, -0.2) is 8.42 Å². The summed E-state index contributed by atoms with van der Waals surface area (Å²) < 4.78 is 32.7. The number of fused-ring (bicyclic) bond motifs is 1. The SMILES string of the molecule is CCOc1ccc2c(c1)sc(=NC(=O)c1ccc(S(=O)(=O)C(C)C)cc1)n2C. The number of nitrogens with zero attached hydrogens (tertiary/aromatic N) is 2. The number of carbonyl (C=O) groups is 1. The normalized spacial score (nSPS) is 12.7. The van der Waals surface area contributed by atoms with Crippen LogP contribution in [0.25, 0.3) is 10.2 Å². The van der Waals surface area contributed by atoms with E-state index in [9.17, 15) is 13.2 Å². The Balaban J connectivity index is 1.95. The van der Waals surface area contributed by atoms with Crippen LogP contribution in [0.1, 0.15) is 31.1 Å². The first kappa shape index (κ1) is 20.3. The van der Waals surface area contributed by atoms with E-state index in [1.165, 1.54) is 35.6 Å². The van der Waals surface area contributed by atoms with Crippen molar-refractivity contribution in [1.29, 1.82) is 0 Å². The number of aryl methyl sites for hydroxylation is 1. The average Bonchev–Trinajstić information content (AvgIpc) is 2.97. The highest BCUT2D eigenvalue weighted by Gasteiger charge is 2.19. The van der Waals surface area contributed by atoms with Crippen LogP contribution < -0.4 is 9.54 Å². The summed E-state index contributed by atoms with van der Waals surface area (Å²) in [5.41, 5.74) is 1.30. The van der Waals surface area contributed by atoms with Gasteiger partial charge in [0, 0.05) is 12.6 Å². The van der Waals surface area contributed by atoms with Crippen molar-refractivity contribution in [2.45, 2.75) is 30.9 Å². The Morgan fingerprint density at radius 2 is 1.86 bits per heavy atom. The lowest BCUT2D eigenvalue weighted by atomic mass is 10.2. The number of amides is 1. The summed E-state index contributed by atoms with van der Waals surface area (Å²) in [5.74, 6) is 0.359. The lowest BCUT2D eigenvalue weighted by Crippen LogP contribution is -2.15. The molecule has 0 aliphatic carbocycles. The second-order valence-corrected chi connectivity index (χ2v) is 10.1. The molecule has 0 aliphatic rings. The monoisotopic (exact) mass is 418 g/mol. The van der Waals surface area contributed by atoms with Crippen LogP contribution >= 0.6 is 11.3 Å². The maximum absolute atomic E-state index is 12.6. The summed E-state index contributed by atoms with van der Waals surface area (Å²) in [5, 5.41) is -0.516. The van der Waals surface area contributed by atoms with Gasteiger partial charge in [-0.1, -0.05) is 11.3 Å². The van der Waals surface area contributed by atoms with Crippen molar-refractivity contribution in [3.05, 3.63) is 52.8 Å². The van der Waals surface area contributed by atoms with Crippen molar-refractivity contribution in [2.75, 3.05) is 6.61 Å². The fraction of sp³-hybridized carbons (Fsp3) is 0.300. The van der Waals surface area contributed by atoms with Crippen LogP contribution in [0.2, 0.25) is 0 Å². The number of carbonyl (C=O) groups excluding carboxylic acids is 1. The van der Waals surface area contributed by atoms with E-state index in [1.807, 2.05) is 36.7 Å². The van der Waals surface area contributed by atoms with E-state index in [1.54, 1.807) is 13.8 Å². The number of benzene rings is 2. The molecule has 148 valence electrons. The summed E-state index contributed by atoms with van der Waals surface area (Å²) >= 11 is 1.40. The van der Waals surface area contributed by atoms with Crippen LogP contribution in [0.15, 0.2) is 52.4 Å². The zero-order valence-corrected chi connectivity index (χ0v) is 17.8. The molecule has 0 fully saturated rings. The fourth-order valence-electron chi connectivity index (χ4n) is 2.69. The van der Waals surface area contributed by atoms with E-state index in [0.29, 0.717) is 17.0 Å². The zero-order chi connectivity index (χ0) is 20.5. The van der Waals surface area contributed by atoms with E-state index in [0.717, 1.165) is 16.0 Å². The molecule has 0 atom stereocenters. The van der Waals surface area contributed by atoms with Crippen molar-refractivity contribution < 1.29 is 17.9 Å². The molecule has 0 radical (unpaired) electrons. The van der Waals surface area contributed by atoms with E-state index >= 15 is 0 Å². The van der Waals surface area contributed by atoms with Crippen molar-refractivity contribution in [2.24, 2.45) is 12.0 Å². The standard InChI is InChI=1S/C20H22N2O4S2/c1-5-26-15-8-11-17-18(12-15)27-20(22(17)4)21-19(23)14-6-9-16(10-7-14)28(24,25)13(2)3/h6-13H,5H2,1-4H3. The Morgan fingerprint density at radius 3 is 2.46 bits per heavy atom. The molecule has 0 bridgehead atoms. The Morgan fingerprint density at radius 1 is 1.18 bits per heavy atom. The van der Waals surface area contributed by atoms with E-state index in [-0.39, 0.29) is 4.90 Å². The molecule has 2 aromatic carbocycles. The molecular weight excluding hydrogens is 396 g/mol. The minimum absolute atomic E-state index is 0.204. The van der Waals surface area contributed by atoms with Crippen molar-refractivity contribution in [1.82, 2.24) is 4.57 Å². The molecule has 0 saturated carbocycles. The van der Waals surface area contributed by atoms with Crippen LogP contribution in [0.3, 0.4) is 0 Å². The smallest absolute Gasteiger partial charge is 0.279 e. The number of hydrogen-bond donors (Lipinski definition) is 0. The van der Waals surface area contributed by atoms with Crippen LogP contribution in [0, 0.1) is 0 Å². The first-order valence-electron chi connectivity index (χ1n) is 8.89. The van der Waals surface area contributed by atoms with Gasteiger partial charge in [0.1, 0.15) is 5.75 Å². The molecule has 1 amide bonds. The number of sulfone groups is 1. The van der Waals surface area contributed by atoms with E-state index < -0.39 is 21.0 Å². The summed E-state index contributed by atoms with van der Waals surface area (Å²) in [6, 6.07) is 11.7. The third-order valence-electron chi connectivity index (χ3n) is 4.34.